The van der Waals surface area contributed by atoms with Gasteiger partial charge in [0.25, 0.3) is 0 Å². The summed E-state index contributed by atoms with van der Waals surface area (Å²) in [6.07, 6.45) is 1.83. The molecular formula is C16H17N3O. The Bertz CT molecular complexity index is 706. The third-order valence-electron chi connectivity index (χ3n) is 3.34. The zero-order chi connectivity index (χ0) is 13.8. The van der Waals surface area contributed by atoms with E-state index in [0.29, 0.717) is 6.61 Å². The average molecular weight is 267 g/mol. The molecule has 0 spiro atoms. The first-order chi connectivity index (χ1) is 9.86. The van der Waals surface area contributed by atoms with Crippen molar-refractivity contribution < 1.29 is 4.74 Å². The predicted octanol–water partition coefficient (Wildman–Crippen LogP) is 3.32. The van der Waals surface area contributed by atoms with E-state index in [1.54, 1.807) is 7.11 Å². The zero-order valence-corrected chi connectivity index (χ0v) is 11.4. The number of ether oxygens (including phenoxy) is 1. The Morgan fingerprint density at radius 3 is 2.85 bits per heavy atom. The molecule has 4 heteroatoms. The normalized spacial score (nSPS) is 10.8. The molecule has 0 bridgehead atoms. The summed E-state index contributed by atoms with van der Waals surface area (Å²) in [4.78, 5) is 0. The molecule has 0 aliphatic carbocycles. The number of hydrogen-bond acceptors (Lipinski definition) is 3. The van der Waals surface area contributed by atoms with Crippen molar-refractivity contribution in [1.29, 1.82) is 0 Å². The standard InChI is InChI=1S/C16H17N3O/c1-20-11-14-5-3-2-4-12(14)9-17-15-7-6-13-10-18-19-16(13)8-15/h2-8,10,17H,9,11H2,1H3,(H,18,19). The molecule has 0 aliphatic rings. The molecule has 0 fully saturated rings. The molecule has 0 atom stereocenters. The molecule has 1 aromatic heterocycles. The van der Waals surface area contributed by atoms with Gasteiger partial charge in [-0.3, -0.25) is 5.10 Å². The van der Waals surface area contributed by atoms with Crippen molar-refractivity contribution in [2.24, 2.45) is 0 Å². The summed E-state index contributed by atoms with van der Waals surface area (Å²) in [6, 6.07) is 14.5. The second-order valence-electron chi connectivity index (χ2n) is 4.73. The molecule has 0 saturated heterocycles. The maximum absolute atomic E-state index is 5.23. The Hall–Kier alpha value is -2.33. The average Bonchev–Trinajstić information content (AvgIpc) is 2.94. The molecule has 2 aromatic carbocycles. The molecular weight excluding hydrogens is 250 g/mol. The molecule has 2 N–H and O–H groups in total. The predicted molar refractivity (Wildman–Crippen MR) is 80.6 cm³/mol. The van der Waals surface area contributed by atoms with Gasteiger partial charge in [-0.05, 0) is 29.3 Å². The maximum atomic E-state index is 5.23. The van der Waals surface area contributed by atoms with E-state index in [1.807, 2.05) is 18.3 Å². The second kappa shape index (κ2) is 5.75. The Labute approximate surface area is 117 Å². The molecule has 1 heterocycles. The van der Waals surface area contributed by atoms with E-state index in [2.05, 4.69) is 45.8 Å². The number of nitrogens with one attached hydrogen (secondary N) is 2. The van der Waals surface area contributed by atoms with E-state index >= 15 is 0 Å². The number of rotatable bonds is 5. The fourth-order valence-electron chi connectivity index (χ4n) is 2.27. The molecule has 0 radical (unpaired) electrons. The molecule has 0 unspecified atom stereocenters. The van der Waals surface area contributed by atoms with E-state index in [-0.39, 0.29) is 0 Å². The van der Waals surface area contributed by atoms with Crippen molar-refractivity contribution in [3.8, 4) is 0 Å². The van der Waals surface area contributed by atoms with Gasteiger partial charge in [0.2, 0.25) is 0 Å². The third-order valence-corrected chi connectivity index (χ3v) is 3.34. The van der Waals surface area contributed by atoms with Crippen molar-refractivity contribution in [1.82, 2.24) is 10.2 Å². The first-order valence-corrected chi connectivity index (χ1v) is 6.59. The van der Waals surface area contributed by atoms with Crippen LogP contribution in [-0.4, -0.2) is 17.3 Å². The first kappa shape index (κ1) is 12.7. The maximum Gasteiger partial charge on any atom is 0.0716 e. The molecule has 0 aliphatic heterocycles. The fourth-order valence-corrected chi connectivity index (χ4v) is 2.27. The van der Waals surface area contributed by atoms with Crippen LogP contribution in [-0.2, 0) is 17.9 Å². The molecule has 3 aromatic rings. The Balaban J connectivity index is 1.75. The second-order valence-corrected chi connectivity index (χ2v) is 4.73. The largest absolute Gasteiger partial charge is 0.381 e. The van der Waals surface area contributed by atoms with Crippen LogP contribution in [0.1, 0.15) is 11.1 Å². The van der Waals surface area contributed by atoms with E-state index < -0.39 is 0 Å². The SMILES string of the molecule is COCc1ccccc1CNc1ccc2cn[nH]c2c1. The van der Waals surface area contributed by atoms with Crippen molar-refractivity contribution in [3.05, 3.63) is 59.8 Å². The zero-order valence-electron chi connectivity index (χ0n) is 11.4. The van der Waals surface area contributed by atoms with E-state index in [4.69, 9.17) is 4.74 Å². The highest BCUT2D eigenvalue weighted by atomic mass is 16.5. The van der Waals surface area contributed by atoms with E-state index in [1.165, 1.54) is 11.1 Å². The van der Waals surface area contributed by atoms with Gasteiger partial charge in [-0.25, -0.2) is 0 Å². The summed E-state index contributed by atoms with van der Waals surface area (Å²) in [6.45, 7) is 1.41. The topological polar surface area (TPSA) is 49.9 Å². The number of H-pyrrole nitrogens is 1. The first-order valence-electron chi connectivity index (χ1n) is 6.59. The van der Waals surface area contributed by atoms with Gasteiger partial charge in [0.1, 0.15) is 0 Å². The smallest absolute Gasteiger partial charge is 0.0716 e. The van der Waals surface area contributed by atoms with Crippen LogP contribution in [0.3, 0.4) is 0 Å². The number of fused-ring (bicyclic) bond motifs is 1. The summed E-state index contributed by atoms with van der Waals surface area (Å²) >= 11 is 0. The lowest BCUT2D eigenvalue weighted by Crippen LogP contribution is -2.03. The van der Waals surface area contributed by atoms with Gasteiger partial charge < -0.3 is 10.1 Å². The highest BCUT2D eigenvalue weighted by molar-refractivity contribution is 5.81. The number of aromatic nitrogens is 2. The fraction of sp³-hybridized carbons (Fsp3) is 0.188. The molecule has 0 saturated carbocycles. The molecule has 0 amide bonds. The lowest BCUT2D eigenvalue weighted by atomic mass is 10.1. The Morgan fingerprint density at radius 2 is 2.00 bits per heavy atom. The molecule has 20 heavy (non-hydrogen) atoms. The van der Waals surface area contributed by atoms with Gasteiger partial charge in [-0.2, -0.15) is 5.10 Å². The number of aromatic amines is 1. The monoisotopic (exact) mass is 267 g/mol. The number of hydrogen-bond donors (Lipinski definition) is 2. The van der Waals surface area contributed by atoms with Gasteiger partial charge >= 0.3 is 0 Å². The summed E-state index contributed by atoms with van der Waals surface area (Å²) in [7, 11) is 1.72. The molecule has 102 valence electrons. The quantitative estimate of drug-likeness (QED) is 0.745. The lowest BCUT2D eigenvalue weighted by molar-refractivity contribution is 0.184. The minimum atomic E-state index is 0.636. The van der Waals surface area contributed by atoms with Crippen molar-refractivity contribution >= 4 is 16.6 Å². The van der Waals surface area contributed by atoms with Gasteiger partial charge in [0.05, 0.1) is 18.3 Å². The van der Waals surface area contributed by atoms with E-state index in [0.717, 1.165) is 23.1 Å². The van der Waals surface area contributed by atoms with Gasteiger partial charge in [0.15, 0.2) is 0 Å². The van der Waals surface area contributed by atoms with Gasteiger partial charge in [-0.15, -0.1) is 0 Å². The van der Waals surface area contributed by atoms with Crippen LogP contribution >= 0.6 is 0 Å². The molecule has 4 nitrogen and oxygen atoms in total. The Kier molecular flexibility index (Phi) is 3.65. The van der Waals surface area contributed by atoms with Crippen molar-refractivity contribution in [3.63, 3.8) is 0 Å². The van der Waals surface area contributed by atoms with Gasteiger partial charge in [0, 0.05) is 24.7 Å². The summed E-state index contributed by atoms with van der Waals surface area (Å²) < 4.78 is 5.23. The number of anilines is 1. The van der Waals surface area contributed by atoms with Crippen molar-refractivity contribution in [2.75, 3.05) is 12.4 Å². The van der Waals surface area contributed by atoms with Crippen LogP contribution < -0.4 is 5.32 Å². The summed E-state index contributed by atoms with van der Waals surface area (Å²) in [5.41, 5.74) is 4.58. The highest BCUT2D eigenvalue weighted by Gasteiger charge is 2.02. The lowest BCUT2D eigenvalue weighted by Gasteiger charge is -2.11. The Morgan fingerprint density at radius 1 is 1.15 bits per heavy atom. The van der Waals surface area contributed by atoms with Crippen LogP contribution in [0.5, 0.6) is 0 Å². The number of benzene rings is 2. The summed E-state index contributed by atoms with van der Waals surface area (Å²) in [5.74, 6) is 0. The van der Waals surface area contributed by atoms with Crippen LogP contribution in [0.2, 0.25) is 0 Å². The van der Waals surface area contributed by atoms with Crippen molar-refractivity contribution in [2.45, 2.75) is 13.2 Å². The molecule has 3 rings (SSSR count). The van der Waals surface area contributed by atoms with Crippen LogP contribution in [0, 0.1) is 0 Å². The van der Waals surface area contributed by atoms with Gasteiger partial charge in [-0.1, -0.05) is 24.3 Å². The minimum absolute atomic E-state index is 0.636. The number of nitrogens with zero attached hydrogens (tertiary/aromatic N) is 1. The third kappa shape index (κ3) is 2.65. The highest BCUT2D eigenvalue weighted by Crippen LogP contribution is 2.18. The minimum Gasteiger partial charge on any atom is -0.381 e. The number of methoxy groups -OCH3 is 1. The van der Waals surface area contributed by atoms with Crippen LogP contribution in [0.25, 0.3) is 10.9 Å². The van der Waals surface area contributed by atoms with E-state index in [9.17, 15) is 0 Å². The van der Waals surface area contributed by atoms with Crippen LogP contribution in [0.4, 0.5) is 5.69 Å². The summed E-state index contributed by atoms with van der Waals surface area (Å²) in [5, 5.41) is 11.6. The van der Waals surface area contributed by atoms with Crippen LogP contribution in [0.15, 0.2) is 48.7 Å².